The van der Waals surface area contributed by atoms with Gasteiger partial charge in [-0.2, -0.15) is 10.2 Å². The summed E-state index contributed by atoms with van der Waals surface area (Å²) in [5.74, 6) is 0. The molecule has 5 aromatic rings. The molecule has 40 heavy (non-hydrogen) atoms. The SMILES string of the molecule is Cc1ccc[nH]c1=O.Cc1ccn[nH]c1=O.Cc1cnc[nH]c1=O.Cc1ncc[nH]c1=O.Cc1ncn[nH]c1=O. The molecule has 0 amide bonds. The Morgan fingerprint density at radius 2 is 1.20 bits per heavy atom. The van der Waals surface area contributed by atoms with Crippen LogP contribution >= 0.6 is 0 Å². The Bertz CT molecular complexity index is 1440. The minimum atomic E-state index is -0.229. The number of hydrogen-bond acceptors (Lipinski definition) is 10. The Morgan fingerprint density at radius 3 is 1.57 bits per heavy atom. The van der Waals surface area contributed by atoms with E-state index < -0.39 is 0 Å². The van der Waals surface area contributed by atoms with Crippen molar-refractivity contribution in [3.8, 4) is 0 Å². The van der Waals surface area contributed by atoms with Gasteiger partial charge in [0.15, 0.2) is 0 Å². The summed E-state index contributed by atoms with van der Waals surface area (Å²) in [4.78, 5) is 71.0. The standard InChI is InChI=1S/C6H7NO.3C5H6N2O.C4H5N3O/c1-5-3-2-4-7-6(5)8;1-4-2-6-3-7-5(4)8;1-4-5(8)7-3-2-6-4;1-4-2-3-6-7-5(4)8;1-3-4(8)7-6-2-5-3/h2-4H,1H3,(H,7,8);2-3H,1H3,(H,6,7,8);2*2-3H,1H3,(H,7,8);2H,1H3,(H,7,8). The molecule has 0 aliphatic rings. The zero-order chi connectivity index (χ0) is 29.9. The van der Waals surface area contributed by atoms with Gasteiger partial charge in [-0.15, -0.1) is 0 Å². The van der Waals surface area contributed by atoms with E-state index in [0.717, 1.165) is 5.56 Å². The van der Waals surface area contributed by atoms with Gasteiger partial charge in [-0.3, -0.25) is 29.0 Å². The minimum Gasteiger partial charge on any atom is -0.329 e. The number of pyridine rings is 1. The molecular formula is C25H30N10O5. The van der Waals surface area contributed by atoms with E-state index in [-0.39, 0.29) is 27.8 Å². The van der Waals surface area contributed by atoms with E-state index in [4.69, 9.17) is 0 Å². The first-order chi connectivity index (χ1) is 19.0. The molecule has 5 rings (SSSR count). The van der Waals surface area contributed by atoms with Crippen molar-refractivity contribution in [2.24, 2.45) is 0 Å². The van der Waals surface area contributed by atoms with E-state index in [9.17, 15) is 24.0 Å². The molecule has 0 bridgehead atoms. The van der Waals surface area contributed by atoms with Gasteiger partial charge in [0.2, 0.25) is 0 Å². The number of hydrogen-bond donors (Lipinski definition) is 5. The van der Waals surface area contributed by atoms with Gasteiger partial charge in [0.1, 0.15) is 17.7 Å². The third-order valence-corrected chi connectivity index (χ3v) is 4.52. The first-order valence-corrected chi connectivity index (χ1v) is 11.5. The van der Waals surface area contributed by atoms with E-state index in [1.54, 1.807) is 71.4 Å². The summed E-state index contributed by atoms with van der Waals surface area (Å²) in [6.45, 7) is 8.52. The molecule has 0 aromatic carbocycles. The van der Waals surface area contributed by atoms with Crippen LogP contribution in [0.5, 0.6) is 0 Å². The van der Waals surface area contributed by atoms with Crippen LogP contribution in [-0.4, -0.2) is 50.3 Å². The highest BCUT2D eigenvalue weighted by Crippen LogP contribution is 1.81. The lowest BCUT2D eigenvalue weighted by molar-refractivity contribution is 0.899. The van der Waals surface area contributed by atoms with Crippen molar-refractivity contribution in [3.63, 3.8) is 0 Å². The second-order valence-corrected chi connectivity index (χ2v) is 7.72. The molecule has 5 heterocycles. The molecule has 0 fully saturated rings. The Morgan fingerprint density at radius 1 is 0.575 bits per heavy atom. The Hall–Kier alpha value is -5.60. The summed E-state index contributed by atoms with van der Waals surface area (Å²) in [6, 6.07) is 5.24. The fraction of sp³-hybridized carbons (Fsp3) is 0.200. The molecule has 0 saturated heterocycles. The monoisotopic (exact) mass is 550 g/mol. The van der Waals surface area contributed by atoms with Crippen molar-refractivity contribution in [1.82, 2.24) is 50.3 Å². The van der Waals surface area contributed by atoms with Crippen molar-refractivity contribution in [1.29, 1.82) is 0 Å². The Labute approximate surface area is 226 Å². The summed E-state index contributed by atoms with van der Waals surface area (Å²) >= 11 is 0. The predicted octanol–water partition coefficient (Wildman–Crippen LogP) is 0.392. The van der Waals surface area contributed by atoms with Gasteiger partial charge in [0.25, 0.3) is 27.8 Å². The first-order valence-electron chi connectivity index (χ1n) is 11.5. The van der Waals surface area contributed by atoms with Crippen molar-refractivity contribution in [2.45, 2.75) is 34.6 Å². The number of aromatic amines is 5. The van der Waals surface area contributed by atoms with Crippen molar-refractivity contribution in [3.05, 3.63) is 142 Å². The fourth-order valence-electron chi connectivity index (χ4n) is 2.10. The van der Waals surface area contributed by atoms with Crippen LogP contribution in [-0.2, 0) is 0 Å². The highest BCUT2D eigenvalue weighted by Gasteiger charge is 1.88. The van der Waals surface area contributed by atoms with Gasteiger partial charge < -0.3 is 15.0 Å². The van der Waals surface area contributed by atoms with Crippen LogP contribution in [0.3, 0.4) is 0 Å². The maximum atomic E-state index is 10.6. The third-order valence-electron chi connectivity index (χ3n) is 4.52. The van der Waals surface area contributed by atoms with Crippen LogP contribution in [0.4, 0.5) is 0 Å². The quantitative estimate of drug-likeness (QED) is 0.178. The molecule has 5 N–H and O–H groups in total. The normalized spacial score (nSPS) is 9.12. The fourth-order valence-corrected chi connectivity index (χ4v) is 2.10. The molecule has 210 valence electrons. The topological polar surface area (TPSA) is 229 Å². The number of H-pyrrole nitrogens is 5. The molecule has 0 saturated carbocycles. The average Bonchev–Trinajstić information content (AvgIpc) is 2.94. The van der Waals surface area contributed by atoms with Crippen LogP contribution in [0.15, 0.2) is 85.8 Å². The van der Waals surface area contributed by atoms with Crippen molar-refractivity contribution in [2.75, 3.05) is 0 Å². The van der Waals surface area contributed by atoms with Crippen molar-refractivity contribution < 1.29 is 0 Å². The van der Waals surface area contributed by atoms with Crippen LogP contribution in [0.25, 0.3) is 0 Å². The molecule has 0 aliphatic carbocycles. The maximum Gasteiger partial charge on any atom is 0.285 e. The summed E-state index contributed by atoms with van der Waals surface area (Å²) in [6.07, 6.45) is 10.4. The largest absolute Gasteiger partial charge is 0.329 e. The van der Waals surface area contributed by atoms with Gasteiger partial charge in [-0.25, -0.2) is 20.2 Å². The summed E-state index contributed by atoms with van der Waals surface area (Å²) in [7, 11) is 0. The van der Waals surface area contributed by atoms with E-state index in [1.165, 1.54) is 25.0 Å². The molecule has 0 aliphatic heterocycles. The van der Waals surface area contributed by atoms with E-state index in [2.05, 4.69) is 50.3 Å². The van der Waals surface area contributed by atoms with Gasteiger partial charge >= 0.3 is 0 Å². The van der Waals surface area contributed by atoms with Crippen LogP contribution in [0.1, 0.15) is 28.1 Å². The summed E-state index contributed by atoms with van der Waals surface area (Å²) in [5.41, 5.74) is 2.51. The Kier molecular flexibility index (Phi) is 14.4. The molecule has 0 atom stereocenters. The molecule has 15 heteroatoms. The highest BCUT2D eigenvalue weighted by atomic mass is 16.1. The van der Waals surface area contributed by atoms with E-state index in [0.29, 0.717) is 22.5 Å². The molecule has 5 aromatic heterocycles. The van der Waals surface area contributed by atoms with Gasteiger partial charge in [-0.05, 0) is 46.8 Å². The zero-order valence-corrected chi connectivity index (χ0v) is 22.6. The molecule has 0 unspecified atom stereocenters. The summed E-state index contributed by atoms with van der Waals surface area (Å²) in [5, 5.41) is 11.4. The number of aromatic nitrogens is 10. The lowest BCUT2D eigenvalue weighted by atomic mass is 10.3. The van der Waals surface area contributed by atoms with Gasteiger partial charge in [0, 0.05) is 47.7 Å². The van der Waals surface area contributed by atoms with E-state index in [1.807, 2.05) is 0 Å². The van der Waals surface area contributed by atoms with Crippen LogP contribution in [0, 0.1) is 34.6 Å². The lowest BCUT2D eigenvalue weighted by Crippen LogP contribution is -2.11. The average molecular weight is 551 g/mol. The van der Waals surface area contributed by atoms with Gasteiger partial charge in [0.05, 0.1) is 6.33 Å². The smallest absolute Gasteiger partial charge is 0.285 e. The first kappa shape index (κ1) is 32.4. The van der Waals surface area contributed by atoms with Crippen molar-refractivity contribution >= 4 is 0 Å². The molecule has 0 spiro atoms. The zero-order valence-electron chi connectivity index (χ0n) is 22.6. The predicted molar refractivity (Wildman–Crippen MR) is 148 cm³/mol. The van der Waals surface area contributed by atoms with Gasteiger partial charge in [-0.1, -0.05) is 6.07 Å². The molecular weight excluding hydrogens is 520 g/mol. The number of aryl methyl sites for hydroxylation is 5. The van der Waals surface area contributed by atoms with Crippen LogP contribution < -0.4 is 27.8 Å². The van der Waals surface area contributed by atoms with E-state index >= 15 is 0 Å². The highest BCUT2D eigenvalue weighted by molar-refractivity contribution is 5.05. The third kappa shape index (κ3) is 13.1. The number of nitrogens with one attached hydrogen (secondary N) is 5. The Balaban J connectivity index is 0.000000250. The number of nitrogens with zero attached hydrogens (tertiary/aromatic N) is 5. The lowest BCUT2D eigenvalue weighted by Gasteiger charge is -1.83. The maximum absolute atomic E-state index is 10.6. The van der Waals surface area contributed by atoms with Crippen LogP contribution in [0.2, 0.25) is 0 Å². The molecule has 0 radical (unpaired) electrons. The minimum absolute atomic E-state index is 0.00694. The summed E-state index contributed by atoms with van der Waals surface area (Å²) < 4.78 is 0. The second kappa shape index (κ2) is 17.8. The second-order valence-electron chi connectivity index (χ2n) is 7.72. The number of rotatable bonds is 0. The molecule has 15 nitrogen and oxygen atoms in total.